The number of aromatic nitrogens is 1. The average molecular weight is 147 g/mol. The van der Waals surface area contributed by atoms with Gasteiger partial charge in [0.15, 0.2) is 0 Å². The van der Waals surface area contributed by atoms with Crippen LogP contribution in [0.5, 0.6) is 0 Å². The Labute approximate surface area is 56.6 Å². The molecule has 4 nitrogen and oxygen atoms in total. The van der Waals surface area contributed by atoms with Gasteiger partial charge in [-0.1, -0.05) is 0 Å². The number of rotatable bonds is 0. The van der Waals surface area contributed by atoms with Gasteiger partial charge in [0.2, 0.25) is 0 Å². The molecule has 1 rings (SSSR count). The number of thiazole rings is 1. The zero-order valence-corrected chi connectivity index (χ0v) is 5.32. The lowest BCUT2D eigenvalue weighted by Crippen LogP contribution is -2.07. The highest BCUT2D eigenvalue weighted by atomic mass is 32.1. The molecular formula is C3H6BNO3S. The van der Waals surface area contributed by atoms with Crippen molar-refractivity contribution < 1.29 is 15.1 Å². The molecule has 0 aromatic carbocycles. The molecule has 6 heteroatoms. The maximum Gasteiger partial charge on any atom is 0.631 e. The van der Waals surface area contributed by atoms with Crippen molar-refractivity contribution in [2.75, 3.05) is 0 Å². The second-order valence-electron chi connectivity index (χ2n) is 1.02. The molecular weight excluding hydrogens is 141 g/mol. The van der Waals surface area contributed by atoms with Crippen LogP contribution in [0.25, 0.3) is 0 Å². The van der Waals surface area contributed by atoms with E-state index in [-0.39, 0.29) is 0 Å². The Bertz CT molecular complexity index is 103. The average Bonchev–Trinajstić information content (AvgIpc) is 2.11. The van der Waals surface area contributed by atoms with Gasteiger partial charge < -0.3 is 15.1 Å². The Morgan fingerprint density at radius 2 is 1.89 bits per heavy atom. The molecule has 0 bridgehead atoms. The molecule has 0 saturated carbocycles. The summed E-state index contributed by atoms with van der Waals surface area (Å²) in [5.41, 5.74) is 1.79. The van der Waals surface area contributed by atoms with Crippen molar-refractivity contribution in [2.45, 2.75) is 0 Å². The molecule has 0 radical (unpaired) electrons. The maximum absolute atomic E-state index is 7.17. The summed E-state index contributed by atoms with van der Waals surface area (Å²) in [6.07, 6.45) is 1.77. The van der Waals surface area contributed by atoms with Gasteiger partial charge in [0.05, 0.1) is 5.51 Å². The largest absolute Gasteiger partial charge is 0.631 e. The van der Waals surface area contributed by atoms with Gasteiger partial charge >= 0.3 is 7.32 Å². The molecule has 0 fully saturated rings. The van der Waals surface area contributed by atoms with E-state index in [9.17, 15) is 0 Å². The Kier molecular flexibility index (Phi) is 5.44. The lowest BCUT2D eigenvalue weighted by molar-refractivity contribution is 0.278. The molecule has 0 unspecified atom stereocenters. The quantitative estimate of drug-likeness (QED) is 0.415. The minimum atomic E-state index is -2.17. The van der Waals surface area contributed by atoms with Gasteiger partial charge in [-0.2, -0.15) is 0 Å². The second kappa shape index (κ2) is 5.71. The second-order valence-corrected chi connectivity index (χ2v) is 1.78. The molecule has 1 aromatic heterocycles. The zero-order valence-electron chi connectivity index (χ0n) is 4.51. The zero-order chi connectivity index (χ0) is 7.11. The third kappa shape index (κ3) is 11.2. The summed E-state index contributed by atoms with van der Waals surface area (Å²) < 4.78 is 0. The summed E-state index contributed by atoms with van der Waals surface area (Å²) in [5.74, 6) is 0. The maximum atomic E-state index is 7.17. The van der Waals surface area contributed by atoms with Crippen molar-refractivity contribution in [3.8, 4) is 0 Å². The van der Waals surface area contributed by atoms with Crippen LogP contribution in [-0.2, 0) is 0 Å². The fourth-order valence-corrected chi connectivity index (χ4v) is 0.527. The van der Waals surface area contributed by atoms with Crippen LogP contribution in [0.4, 0.5) is 0 Å². The van der Waals surface area contributed by atoms with Crippen LogP contribution in [0.15, 0.2) is 17.1 Å². The molecule has 0 spiro atoms. The van der Waals surface area contributed by atoms with Gasteiger partial charge in [0.1, 0.15) is 0 Å². The Hall–Kier alpha value is -0.425. The standard InChI is InChI=1S/C3H3NS.BH3O3/c1-2-5-3-4-1;2-1(3)4/h1-3H;2-4H. The lowest BCUT2D eigenvalue weighted by Gasteiger charge is -1.69. The minimum absolute atomic E-state index is 1.60. The predicted molar refractivity (Wildman–Crippen MR) is 34.5 cm³/mol. The normalized spacial score (nSPS) is 7.44. The van der Waals surface area contributed by atoms with E-state index in [1.807, 2.05) is 5.38 Å². The van der Waals surface area contributed by atoms with Crippen molar-refractivity contribution in [2.24, 2.45) is 0 Å². The first-order chi connectivity index (χ1) is 4.23. The topological polar surface area (TPSA) is 73.6 Å². The highest BCUT2D eigenvalue weighted by Crippen LogP contribution is 1.85. The van der Waals surface area contributed by atoms with Crippen molar-refractivity contribution in [3.63, 3.8) is 0 Å². The monoisotopic (exact) mass is 147 g/mol. The Morgan fingerprint density at radius 3 is 2.00 bits per heavy atom. The molecule has 0 saturated heterocycles. The van der Waals surface area contributed by atoms with Crippen molar-refractivity contribution in [1.82, 2.24) is 4.98 Å². The molecule has 3 N–H and O–H groups in total. The van der Waals surface area contributed by atoms with Gasteiger partial charge in [-0.05, 0) is 0 Å². The first-order valence-electron chi connectivity index (χ1n) is 2.10. The number of hydrogen-bond donors (Lipinski definition) is 3. The summed E-state index contributed by atoms with van der Waals surface area (Å²) in [7, 11) is -2.17. The summed E-state index contributed by atoms with van der Waals surface area (Å²) in [5, 5.41) is 23.4. The van der Waals surface area contributed by atoms with E-state index >= 15 is 0 Å². The third-order valence-electron chi connectivity index (χ3n) is 0.347. The third-order valence-corrected chi connectivity index (χ3v) is 0.869. The van der Waals surface area contributed by atoms with E-state index in [1.165, 1.54) is 0 Å². The molecule has 9 heavy (non-hydrogen) atoms. The predicted octanol–water partition coefficient (Wildman–Crippen LogP) is -0.909. The number of nitrogens with zero attached hydrogens (tertiary/aromatic N) is 1. The van der Waals surface area contributed by atoms with Crippen molar-refractivity contribution in [3.05, 3.63) is 17.1 Å². The van der Waals surface area contributed by atoms with E-state index in [1.54, 1.807) is 23.0 Å². The molecule has 50 valence electrons. The van der Waals surface area contributed by atoms with Crippen LogP contribution < -0.4 is 0 Å². The van der Waals surface area contributed by atoms with Crippen LogP contribution in [-0.4, -0.2) is 27.4 Å². The van der Waals surface area contributed by atoms with Crippen LogP contribution in [0, 0.1) is 0 Å². The van der Waals surface area contributed by atoms with E-state index in [2.05, 4.69) is 4.98 Å². The lowest BCUT2D eigenvalue weighted by atomic mass is 10.3. The summed E-state index contributed by atoms with van der Waals surface area (Å²) in [4.78, 5) is 3.74. The van der Waals surface area contributed by atoms with E-state index in [4.69, 9.17) is 15.1 Å². The van der Waals surface area contributed by atoms with Crippen LogP contribution >= 0.6 is 11.3 Å². The smallest absolute Gasteiger partial charge is 0.402 e. The van der Waals surface area contributed by atoms with Gasteiger partial charge in [-0.25, -0.2) is 0 Å². The van der Waals surface area contributed by atoms with Gasteiger partial charge in [-0.3, -0.25) is 4.98 Å². The highest BCUT2D eigenvalue weighted by Gasteiger charge is 1.92. The summed E-state index contributed by atoms with van der Waals surface area (Å²) in [6, 6.07) is 0. The first-order valence-corrected chi connectivity index (χ1v) is 3.04. The fourth-order valence-electron chi connectivity index (χ4n) is 0.176. The van der Waals surface area contributed by atoms with Crippen LogP contribution in [0.3, 0.4) is 0 Å². The fraction of sp³-hybridized carbons (Fsp3) is 0. The van der Waals surface area contributed by atoms with Crippen molar-refractivity contribution in [1.29, 1.82) is 0 Å². The highest BCUT2D eigenvalue weighted by molar-refractivity contribution is 7.07. The molecule has 0 atom stereocenters. The molecule has 0 amide bonds. The molecule has 1 heterocycles. The van der Waals surface area contributed by atoms with Gasteiger partial charge in [-0.15, -0.1) is 11.3 Å². The first kappa shape index (κ1) is 8.57. The molecule has 0 aliphatic carbocycles. The van der Waals surface area contributed by atoms with Gasteiger partial charge in [0.25, 0.3) is 0 Å². The SMILES string of the molecule is OB(O)O.c1cscn1. The number of hydrogen-bond acceptors (Lipinski definition) is 5. The Balaban J connectivity index is 0.000000148. The summed E-state index contributed by atoms with van der Waals surface area (Å²) >= 11 is 1.60. The van der Waals surface area contributed by atoms with Crippen LogP contribution in [0.1, 0.15) is 0 Å². The summed E-state index contributed by atoms with van der Waals surface area (Å²) in [6.45, 7) is 0. The van der Waals surface area contributed by atoms with E-state index < -0.39 is 7.32 Å². The van der Waals surface area contributed by atoms with Crippen LogP contribution in [0.2, 0.25) is 0 Å². The molecule has 0 aliphatic rings. The van der Waals surface area contributed by atoms with Gasteiger partial charge in [0, 0.05) is 11.6 Å². The van der Waals surface area contributed by atoms with E-state index in [0.29, 0.717) is 0 Å². The Morgan fingerprint density at radius 1 is 1.33 bits per heavy atom. The van der Waals surface area contributed by atoms with E-state index in [0.717, 1.165) is 0 Å². The molecule has 0 aliphatic heterocycles. The minimum Gasteiger partial charge on any atom is -0.402 e. The molecule has 1 aromatic rings. The van der Waals surface area contributed by atoms with Crippen molar-refractivity contribution >= 4 is 18.7 Å².